The number of hydrogen-bond acceptors (Lipinski definition) is 5. The van der Waals surface area contributed by atoms with Crippen LogP contribution in [0.3, 0.4) is 0 Å². The number of nitrogens with one attached hydrogen (secondary N) is 1. The van der Waals surface area contributed by atoms with Crippen molar-refractivity contribution in [3.8, 4) is 11.1 Å². The van der Waals surface area contributed by atoms with Gasteiger partial charge in [0.2, 0.25) is 5.91 Å². The van der Waals surface area contributed by atoms with E-state index in [2.05, 4.69) is 29.6 Å². The Morgan fingerprint density at radius 3 is 2.43 bits per heavy atom. The molecular weight excluding hydrogens is 448 g/mol. The molecule has 35 heavy (non-hydrogen) atoms. The van der Waals surface area contributed by atoms with Crippen LogP contribution >= 0.6 is 0 Å². The van der Waals surface area contributed by atoms with E-state index in [9.17, 15) is 14.4 Å². The van der Waals surface area contributed by atoms with E-state index < -0.39 is 18.2 Å². The number of alkyl carbamates (subject to hydrolysis) is 1. The topological polar surface area (TPSA) is 105 Å². The predicted molar refractivity (Wildman–Crippen MR) is 130 cm³/mol. The molecule has 8 heteroatoms. The minimum Gasteiger partial charge on any atom is -0.481 e. The van der Waals surface area contributed by atoms with Crippen LogP contribution in [0.25, 0.3) is 11.1 Å². The van der Waals surface area contributed by atoms with Gasteiger partial charge in [0, 0.05) is 31.5 Å². The van der Waals surface area contributed by atoms with Crippen LogP contribution in [0.5, 0.6) is 0 Å². The highest BCUT2D eigenvalue weighted by Gasteiger charge is 2.29. The van der Waals surface area contributed by atoms with Gasteiger partial charge < -0.3 is 24.8 Å². The van der Waals surface area contributed by atoms with Gasteiger partial charge in [0.1, 0.15) is 6.61 Å². The minimum absolute atomic E-state index is 0.0135. The maximum Gasteiger partial charge on any atom is 0.407 e. The van der Waals surface area contributed by atoms with Crippen LogP contribution in [-0.4, -0.2) is 66.4 Å². The van der Waals surface area contributed by atoms with Gasteiger partial charge in [-0.25, -0.2) is 4.79 Å². The molecule has 1 saturated heterocycles. The lowest BCUT2D eigenvalue weighted by atomic mass is 9.98. The average molecular weight is 481 g/mol. The molecule has 2 unspecified atom stereocenters. The lowest BCUT2D eigenvalue weighted by molar-refractivity contribution is -0.147. The maximum atomic E-state index is 12.5. The fourth-order valence-electron chi connectivity index (χ4n) is 4.90. The molecule has 2 aliphatic rings. The molecule has 1 heterocycles. The molecule has 0 aromatic heterocycles. The van der Waals surface area contributed by atoms with Crippen molar-refractivity contribution in [1.29, 1.82) is 0 Å². The molecule has 8 nitrogen and oxygen atoms in total. The van der Waals surface area contributed by atoms with E-state index in [4.69, 9.17) is 14.6 Å². The van der Waals surface area contributed by atoms with Gasteiger partial charge in [-0.05, 0) is 42.0 Å². The standard InChI is InChI=1S/C27H32N2O6/c1-18(7-6-12-25(30)29-13-14-34-19(16-29)15-26(31)32)28-27(33)35-17-24-22-10-4-2-8-20(22)21-9-3-5-11-23(21)24/h2-5,8-11,18-19,24H,6-7,12-17H2,1H3,(H,28,33)(H,31,32). The zero-order valence-electron chi connectivity index (χ0n) is 19.9. The van der Waals surface area contributed by atoms with Crippen LogP contribution in [0, 0.1) is 0 Å². The van der Waals surface area contributed by atoms with E-state index in [0.29, 0.717) is 39.0 Å². The fourth-order valence-corrected chi connectivity index (χ4v) is 4.90. The highest BCUT2D eigenvalue weighted by Crippen LogP contribution is 2.44. The highest BCUT2D eigenvalue weighted by atomic mass is 16.5. The molecule has 4 rings (SSSR count). The second-order valence-electron chi connectivity index (χ2n) is 9.19. The number of nitrogens with zero attached hydrogens (tertiary/aromatic N) is 1. The molecule has 186 valence electrons. The summed E-state index contributed by atoms with van der Waals surface area (Å²) < 4.78 is 11.0. The Hall–Kier alpha value is -3.39. The van der Waals surface area contributed by atoms with Gasteiger partial charge in [0.15, 0.2) is 0 Å². The number of benzene rings is 2. The normalized spacial score (nSPS) is 17.9. The third kappa shape index (κ3) is 6.19. The Kier molecular flexibility index (Phi) is 8.02. The number of ether oxygens (including phenoxy) is 2. The number of carboxylic acid groups (broad SMARTS) is 1. The van der Waals surface area contributed by atoms with Crippen molar-refractivity contribution in [3.05, 3.63) is 59.7 Å². The summed E-state index contributed by atoms with van der Waals surface area (Å²) in [7, 11) is 0. The number of carbonyl (C=O) groups is 3. The smallest absolute Gasteiger partial charge is 0.407 e. The Bertz CT molecular complexity index is 1030. The van der Waals surface area contributed by atoms with Crippen LogP contribution < -0.4 is 5.32 Å². The number of morpholine rings is 1. The molecule has 2 N–H and O–H groups in total. The summed E-state index contributed by atoms with van der Waals surface area (Å²) in [6, 6.07) is 16.3. The number of aliphatic carboxylic acids is 1. The first-order valence-electron chi connectivity index (χ1n) is 12.1. The van der Waals surface area contributed by atoms with Gasteiger partial charge in [0.25, 0.3) is 0 Å². The van der Waals surface area contributed by atoms with Crippen molar-refractivity contribution in [2.75, 3.05) is 26.3 Å². The molecule has 2 aromatic rings. The monoisotopic (exact) mass is 480 g/mol. The molecule has 2 aromatic carbocycles. The predicted octanol–water partition coefficient (Wildman–Crippen LogP) is 3.79. The Morgan fingerprint density at radius 2 is 1.77 bits per heavy atom. The van der Waals surface area contributed by atoms with Gasteiger partial charge in [-0.3, -0.25) is 9.59 Å². The molecule has 0 spiro atoms. The summed E-state index contributed by atoms with van der Waals surface area (Å²) in [5.41, 5.74) is 4.71. The number of rotatable bonds is 9. The number of fused-ring (bicyclic) bond motifs is 3. The molecule has 0 radical (unpaired) electrons. The van der Waals surface area contributed by atoms with E-state index in [1.807, 2.05) is 31.2 Å². The van der Waals surface area contributed by atoms with Crippen molar-refractivity contribution < 1.29 is 29.0 Å². The summed E-state index contributed by atoms with van der Waals surface area (Å²) >= 11 is 0. The number of amides is 2. The summed E-state index contributed by atoms with van der Waals surface area (Å²) in [5, 5.41) is 11.8. The van der Waals surface area contributed by atoms with Crippen molar-refractivity contribution in [1.82, 2.24) is 10.2 Å². The third-order valence-corrected chi connectivity index (χ3v) is 6.63. The van der Waals surface area contributed by atoms with Crippen LogP contribution in [-0.2, 0) is 19.1 Å². The van der Waals surface area contributed by atoms with Crippen LogP contribution in [0.4, 0.5) is 4.79 Å². The van der Waals surface area contributed by atoms with Crippen molar-refractivity contribution in [2.45, 2.75) is 50.7 Å². The van der Waals surface area contributed by atoms with E-state index in [0.717, 1.165) is 0 Å². The molecule has 0 saturated carbocycles. The Balaban J connectivity index is 1.19. The first-order chi connectivity index (χ1) is 16.9. The van der Waals surface area contributed by atoms with E-state index in [1.54, 1.807) is 4.90 Å². The Morgan fingerprint density at radius 1 is 1.11 bits per heavy atom. The van der Waals surface area contributed by atoms with Crippen LogP contribution in [0.1, 0.15) is 49.7 Å². The van der Waals surface area contributed by atoms with E-state index in [1.165, 1.54) is 22.3 Å². The number of hydrogen-bond donors (Lipinski definition) is 2. The highest BCUT2D eigenvalue weighted by molar-refractivity contribution is 5.79. The molecule has 1 aliphatic heterocycles. The number of carboxylic acids is 1. The molecular formula is C27H32N2O6. The largest absolute Gasteiger partial charge is 0.481 e. The van der Waals surface area contributed by atoms with Gasteiger partial charge in [-0.15, -0.1) is 0 Å². The first kappa shape index (κ1) is 24.7. The van der Waals surface area contributed by atoms with E-state index >= 15 is 0 Å². The third-order valence-electron chi connectivity index (χ3n) is 6.63. The second-order valence-corrected chi connectivity index (χ2v) is 9.19. The van der Waals surface area contributed by atoms with Crippen molar-refractivity contribution >= 4 is 18.0 Å². The minimum atomic E-state index is -0.933. The SMILES string of the molecule is CC(CCCC(=O)N1CCOC(CC(=O)O)C1)NC(=O)OCC1c2ccccc2-c2ccccc21. The Labute approximate surface area is 205 Å². The van der Waals surface area contributed by atoms with Crippen molar-refractivity contribution in [3.63, 3.8) is 0 Å². The van der Waals surface area contributed by atoms with Gasteiger partial charge in [-0.2, -0.15) is 0 Å². The lowest BCUT2D eigenvalue weighted by Gasteiger charge is -2.32. The zero-order chi connectivity index (χ0) is 24.8. The van der Waals surface area contributed by atoms with Gasteiger partial charge in [-0.1, -0.05) is 48.5 Å². The average Bonchev–Trinajstić information content (AvgIpc) is 3.16. The first-order valence-corrected chi connectivity index (χ1v) is 12.1. The quantitative estimate of drug-likeness (QED) is 0.566. The van der Waals surface area contributed by atoms with Crippen LogP contribution in [0.15, 0.2) is 48.5 Å². The molecule has 2 atom stereocenters. The summed E-state index contributed by atoms with van der Waals surface area (Å²) in [6.45, 7) is 3.29. The molecule has 2 amide bonds. The lowest BCUT2D eigenvalue weighted by Crippen LogP contribution is -2.46. The second kappa shape index (κ2) is 11.4. The summed E-state index contributed by atoms with van der Waals surface area (Å²) in [6.07, 6.45) is 0.569. The fraction of sp³-hybridized carbons (Fsp3) is 0.444. The van der Waals surface area contributed by atoms with E-state index in [-0.39, 0.29) is 30.9 Å². The van der Waals surface area contributed by atoms with Crippen LogP contribution in [0.2, 0.25) is 0 Å². The van der Waals surface area contributed by atoms with Gasteiger partial charge >= 0.3 is 12.1 Å². The summed E-state index contributed by atoms with van der Waals surface area (Å²) in [4.78, 5) is 37.5. The molecule has 1 aliphatic carbocycles. The number of carbonyl (C=O) groups excluding carboxylic acids is 2. The molecule has 1 fully saturated rings. The van der Waals surface area contributed by atoms with Gasteiger partial charge in [0.05, 0.1) is 19.1 Å². The maximum absolute atomic E-state index is 12.5. The summed E-state index contributed by atoms with van der Waals surface area (Å²) in [5.74, 6) is -0.936. The zero-order valence-corrected chi connectivity index (χ0v) is 19.9. The molecule has 0 bridgehead atoms. The van der Waals surface area contributed by atoms with Crippen molar-refractivity contribution in [2.24, 2.45) is 0 Å².